The van der Waals surface area contributed by atoms with Crippen molar-refractivity contribution in [2.45, 2.75) is 47.7 Å². The number of carbonyl (C=O) groups excluding carboxylic acids is 1. The lowest BCUT2D eigenvalue weighted by Crippen LogP contribution is -2.36. The van der Waals surface area contributed by atoms with Crippen LogP contribution < -0.4 is 10.6 Å². The molecule has 31 heavy (non-hydrogen) atoms. The summed E-state index contributed by atoms with van der Waals surface area (Å²) in [4.78, 5) is 17.3. The lowest BCUT2D eigenvalue weighted by molar-refractivity contribution is 0.0976. The Bertz CT molecular complexity index is 1110. The number of aliphatic imine (C=N–C) groups is 1. The van der Waals surface area contributed by atoms with Gasteiger partial charge in [0.2, 0.25) is 5.96 Å². The van der Waals surface area contributed by atoms with E-state index in [1.807, 2.05) is 51.4 Å². The number of nitrogens with zero attached hydrogens (tertiary/aromatic N) is 3. The number of nitrogens with one attached hydrogen (secondary N) is 2. The zero-order valence-corrected chi connectivity index (χ0v) is 18.6. The van der Waals surface area contributed by atoms with E-state index in [1.54, 1.807) is 6.07 Å². The number of benzene rings is 2. The van der Waals surface area contributed by atoms with Gasteiger partial charge in [-0.2, -0.15) is 5.10 Å². The average Bonchev–Trinajstić information content (AvgIpc) is 2.98. The number of guanidine groups is 1. The second-order valence-electron chi connectivity index (χ2n) is 7.60. The molecule has 2 aromatic carbocycles. The van der Waals surface area contributed by atoms with Crippen LogP contribution in [0.4, 0.5) is 10.1 Å². The molecule has 162 valence electrons. The van der Waals surface area contributed by atoms with Gasteiger partial charge >= 0.3 is 0 Å². The lowest BCUT2D eigenvalue weighted by atomic mass is 10.1. The highest BCUT2D eigenvalue weighted by Gasteiger charge is 2.13. The molecule has 0 fully saturated rings. The van der Waals surface area contributed by atoms with Gasteiger partial charge in [0.15, 0.2) is 0 Å². The maximum Gasteiger partial charge on any atom is 0.258 e. The van der Waals surface area contributed by atoms with Crippen LogP contribution in [0, 0.1) is 33.5 Å². The maximum atomic E-state index is 13.6. The molecular formula is C24H28FN5O. The third kappa shape index (κ3) is 5.57. The van der Waals surface area contributed by atoms with E-state index in [1.165, 1.54) is 18.2 Å². The molecule has 6 nitrogen and oxygen atoms in total. The fourth-order valence-electron chi connectivity index (χ4n) is 3.53. The Morgan fingerprint density at radius 3 is 2.42 bits per heavy atom. The van der Waals surface area contributed by atoms with Crippen molar-refractivity contribution in [2.75, 3.05) is 5.32 Å². The summed E-state index contributed by atoms with van der Waals surface area (Å²) in [5.74, 6) is -0.609. The topological polar surface area (TPSA) is 71.3 Å². The van der Waals surface area contributed by atoms with Crippen molar-refractivity contribution in [3.8, 4) is 0 Å². The Labute approximate surface area is 182 Å². The van der Waals surface area contributed by atoms with Gasteiger partial charge in [0.1, 0.15) is 5.82 Å². The summed E-state index contributed by atoms with van der Waals surface area (Å²) in [5, 5.41) is 10.5. The third-order valence-electron chi connectivity index (χ3n) is 5.03. The fraction of sp³-hybridized carbons (Fsp3) is 0.292. The van der Waals surface area contributed by atoms with E-state index >= 15 is 0 Å². The smallest absolute Gasteiger partial charge is 0.258 e. The molecule has 0 radical (unpaired) electrons. The minimum absolute atomic E-state index is 0.223. The Balaban J connectivity index is 1.90. The molecule has 0 spiro atoms. The number of rotatable bonds is 5. The first-order valence-corrected chi connectivity index (χ1v) is 10.3. The number of hydrogen-bond acceptors (Lipinski definition) is 3. The average molecular weight is 422 g/mol. The number of halogens is 1. The predicted molar refractivity (Wildman–Crippen MR) is 122 cm³/mol. The van der Waals surface area contributed by atoms with Gasteiger partial charge in [0, 0.05) is 29.1 Å². The summed E-state index contributed by atoms with van der Waals surface area (Å²) in [7, 11) is 0. The summed E-state index contributed by atoms with van der Waals surface area (Å²) >= 11 is 0. The zero-order chi connectivity index (χ0) is 22.5. The predicted octanol–water partition coefficient (Wildman–Crippen LogP) is 4.67. The largest absolute Gasteiger partial charge is 0.326 e. The Hall–Kier alpha value is -3.48. The summed E-state index contributed by atoms with van der Waals surface area (Å²) < 4.78 is 15.5. The first-order chi connectivity index (χ1) is 14.8. The van der Waals surface area contributed by atoms with Crippen molar-refractivity contribution in [2.24, 2.45) is 4.99 Å². The highest BCUT2D eigenvalue weighted by Crippen LogP contribution is 2.16. The molecule has 0 atom stereocenters. The van der Waals surface area contributed by atoms with Gasteiger partial charge in [-0.1, -0.05) is 12.1 Å². The Morgan fingerprint density at radius 2 is 1.81 bits per heavy atom. The van der Waals surface area contributed by atoms with Crippen LogP contribution in [-0.4, -0.2) is 21.6 Å². The molecule has 0 saturated heterocycles. The van der Waals surface area contributed by atoms with Crippen molar-refractivity contribution < 1.29 is 9.18 Å². The number of hydrogen-bond donors (Lipinski definition) is 2. The summed E-state index contributed by atoms with van der Waals surface area (Å²) in [6.45, 7) is 11.1. The third-order valence-corrected chi connectivity index (χ3v) is 5.03. The van der Waals surface area contributed by atoms with E-state index in [-0.39, 0.29) is 5.56 Å². The molecule has 0 aliphatic rings. The van der Waals surface area contributed by atoms with Crippen LogP contribution in [0.25, 0.3) is 0 Å². The van der Waals surface area contributed by atoms with Gasteiger partial charge < -0.3 is 5.32 Å². The van der Waals surface area contributed by atoms with Gasteiger partial charge in [-0.3, -0.25) is 14.8 Å². The standard InChI is InChI=1S/C24H28FN5O/c1-6-30-18(5)22(17(4)29-30)14-26-24(27-21-11-15(2)10-16(3)12-21)28-23(31)19-8-7-9-20(25)13-19/h7-13H,6,14H2,1-5H3,(H2,26,27,28,31). The van der Waals surface area contributed by atoms with Gasteiger partial charge in [0.05, 0.1) is 12.2 Å². The zero-order valence-electron chi connectivity index (χ0n) is 18.6. The maximum absolute atomic E-state index is 13.6. The van der Waals surface area contributed by atoms with E-state index in [0.29, 0.717) is 12.5 Å². The molecule has 1 amide bonds. The van der Waals surface area contributed by atoms with Gasteiger partial charge in [-0.25, -0.2) is 9.38 Å². The normalized spacial score (nSPS) is 11.5. The number of anilines is 1. The van der Waals surface area contributed by atoms with Gasteiger partial charge in [-0.15, -0.1) is 0 Å². The van der Waals surface area contributed by atoms with Crippen LogP contribution in [0.5, 0.6) is 0 Å². The highest BCUT2D eigenvalue weighted by molar-refractivity contribution is 6.10. The molecule has 0 bridgehead atoms. The molecule has 7 heteroatoms. The van der Waals surface area contributed by atoms with E-state index in [0.717, 1.165) is 40.3 Å². The van der Waals surface area contributed by atoms with E-state index < -0.39 is 11.7 Å². The minimum atomic E-state index is -0.466. The van der Waals surface area contributed by atoms with Gasteiger partial charge in [0.25, 0.3) is 5.91 Å². The van der Waals surface area contributed by atoms with Crippen LogP contribution in [-0.2, 0) is 13.1 Å². The lowest BCUT2D eigenvalue weighted by Gasteiger charge is -2.13. The molecule has 0 saturated carbocycles. The Morgan fingerprint density at radius 1 is 1.10 bits per heavy atom. The van der Waals surface area contributed by atoms with E-state index in [4.69, 9.17) is 0 Å². The second-order valence-corrected chi connectivity index (χ2v) is 7.60. The SMILES string of the molecule is CCn1nc(C)c(CN=C(NC(=O)c2cccc(F)c2)Nc2cc(C)cc(C)c2)c1C. The molecule has 0 aliphatic heterocycles. The highest BCUT2D eigenvalue weighted by atomic mass is 19.1. The van der Waals surface area contributed by atoms with Crippen LogP contribution in [0.15, 0.2) is 47.5 Å². The van der Waals surface area contributed by atoms with Crippen molar-refractivity contribution in [3.63, 3.8) is 0 Å². The monoisotopic (exact) mass is 421 g/mol. The van der Waals surface area contributed by atoms with Crippen molar-refractivity contribution in [1.82, 2.24) is 15.1 Å². The molecule has 0 aliphatic carbocycles. The summed E-state index contributed by atoms with van der Waals surface area (Å²) in [6.07, 6.45) is 0. The quantitative estimate of drug-likeness (QED) is 0.464. The van der Waals surface area contributed by atoms with Crippen LogP contribution in [0.2, 0.25) is 0 Å². The summed E-state index contributed by atoms with van der Waals surface area (Å²) in [6, 6.07) is 11.6. The molecule has 3 rings (SSSR count). The molecule has 0 unspecified atom stereocenters. The number of aryl methyl sites for hydroxylation is 4. The fourth-order valence-corrected chi connectivity index (χ4v) is 3.53. The molecule has 2 N–H and O–H groups in total. The molecule has 1 heterocycles. The van der Waals surface area contributed by atoms with Crippen LogP contribution in [0.1, 0.15) is 45.4 Å². The van der Waals surface area contributed by atoms with E-state index in [2.05, 4.69) is 26.8 Å². The first kappa shape index (κ1) is 22.2. The first-order valence-electron chi connectivity index (χ1n) is 10.3. The van der Waals surface area contributed by atoms with Gasteiger partial charge in [-0.05, 0) is 76.1 Å². The number of carbonyl (C=O) groups is 1. The van der Waals surface area contributed by atoms with E-state index in [9.17, 15) is 9.18 Å². The Kier molecular flexibility index (Phi) is 6.84. The number of aromatic nitrogens is 2. The number of amides is 1. The summed E-state index contributed by atoms with van der Waals surface area (Å²) in [5.41, 5.74) is 6.19. The van der Waals surface area contributed by atoms with Crippen LogP contribution >= 0.6 is 0 Å². The molecule has 3 aromatic rings. The van der Waals surface area contributed by atoms with Crippen molar-refractivity contribution in [3.05, 3.63) is 81.9 Å². The second kappa shape index (κ2) is 9.55. The molecular weight excluding hydrogens is 393 g/mol. The van der Waals surface area contributed by atoms with Crippen LogP contribution in [0.3, 0.4) is 0 Å². The van der Waals surface area contributed by atoms with Crippen molar-refractivity contribution in [1.29, 1.82) is 0 Å². The molecule has 1 aromatic heterocycles. The minimum Gasteiger partial charge on any atom is -0.326 e. The van der Waals surface area contributed by atoms with Crippen molar-refractivity contribution >= 4 is 17.6 Å².